The van der Waals surface area contributed by atoms with Crippen LogP contribution in [0.1, 0.15) is 17.3 Å². The summed E-state index contributed by atoms with van der Waals surface area (Å²) < 4.78 is 5.46. The van der Waals surface area contributed by atoms with Gasteiger partial charge in [0.15, 0.2) is 0 Å². The molecule has 2 aliphatic rings. The molecule has 0 aromatic carbocycles. The highest BCUT2D eigenvalue weighted by molar-refractivity contribution is 7.10. The maximum atomic E-state index is 12.6. The molecule has 23 heavy (non-hydrogen) atoms. The van der Waals surface area contributed by atoms with E-state index >= 15 is 0 Å². The molecule has 0 radical (unpaired) electrons. The smallest absolute Gasteiger partial charge is 0.239 e. The Hall–Kier alpha value is -0.990. The second-order valence-corrected chi connectivity index (χ2v) is 7.23. The summed E-state index contributed by atoms with van der Waals surface area (Å²) in [5, 5.41) is 14.8. The summed E-state index contributed by atoms with van der Waals surface area (Å²) in [6.07, 6.45) is 0.0920. The molecule has 2 aliphatic heterocycles. The van der Waals surface area contributed by atoms with Crippen LogP contribution in [0.15, 0.2) is 17.5 Å². The fourth-order valence-electron chi connectivity index (χ4n) is 3.28. The minimum absolute atomic E-state index is 0.0661. The van der Waals surface area contributed by atoms with E-state index < -0.39 is 6.10 Å². The van der Waals surface area contributed by atoms with Crippen LogP contribution in [0.2, 0.25) is 0 Å². The lowest BCUT2D eigenvalue weighted by Gasteiger charge is -2.36. The summed E-state index contributed by atoms with van der Waals surface area (Å²) in [7, 11) is 1.86. The second-order valence-electron chi connectivity index (χ2n) is 6.25. The van der Waals surface area contributed by atoms with Gasteiger partial charge in [0, 0.05) is 38.1 Å². The van der Waals surface area contributed by atoms with Gasteiger partial charge in [0.05, 0.1) is 31.4 Å². The third-order valence-electron chi connectivity index (χ3n) is 4.59. The number of nitrogens with one attached hydrogen (secondary N) is 1. The first-order valence-corrected chi connectivity index (χ1v) is 9.04. The molecule has 0 spiro atoms. The first-order chi connectivity index (χ1) is 11.1. The molecule has 128 valence electrons. The Labute approximate surface area is 141 Å². The Bertz CT molecular complexity index is 505. The summed E-state index contributed by atoms with van der Waals surface area (Å²) >= 11 is 1.73. The van der Waals surface area contributed by atoms with Crippen LogP contribution in [-0.2, 0) is 9.53 Å². The van der Waals surface area contributed by atoms with E-state index in [1.165, 1.54) is 4.88 Å². The van der Waals surface area contributed by atoms with Gasteiger partial charge in [0.1, 0.15) is 0 Å². The average molecular weight is 339 g/mol. The van der Waals surface area contributed by atoms with Crippen molar-refractivity contribution >= 4 is 17.2 Å². The minimum Gasteiger partial charge on any atom is -0.392 e. The number of carbonyl (C=O) groups is 1. The number of aliphatic hydroxyl groups is 1. The van der Waals surface area contributed by atoms with Crippen LogP contribution >= 0.6 is 11.3 Å². The van der Waals surface area contributed by atoms with Gasteiger partial charge in [0.2, 0.25) is 5.91 Å². The lowest BCUT2D eigenvalue weighted by Crippen LogP contribution is -2.47. The molecule has 7 heteroatoms. The Morgan fingerprint density at radius 2 is 2.35 bits per heavy atom. The molecule has 0 bridgehead atoms. The topological polar surface area (TPSA) is 65.0 Å². The molecule has 3 rings (SSSR count). The van der Waals surface area contributed by atoms with Crippen molar-refractivity contribution in [2.24, 2.45) is 0 Å². The van der Waals surface area contributed by atoms with E-state index in [0.717, 1.165) is 26.3 Å². The summed E-state index contributed by atoms with van der Waals surface area (Å²) in [6.45, 7) is 4.44. The number of aliphatic hydroxyl groups excluding tert-OH is 1. The predicted octanol–water partition coefficient (Wildman–Crippen LogP) is 0.303. The molecule has 3 heterocycles. The molecule has 0 saturated carbocycles. The molecule has 3 unspecified atom stereocenters. The van der Waals surface area contributed by atoms with E-state index in [2.05, 4.69) is 27.7 Å². The van der Waals surface area contributed by atoms with Crippen molar-refractivity contribution in [3.8, 4) is 0 Å². The number of morpholine rings is 1. The van der Waals surface area contributed by atoms with E-state index in [1.54, 1.807) is 16.2 Å². The molecule has 0 aliphatic carbocycles. The van der Waals surface area contributed by atoms with Crippen LogP contribution in [0.25, 0.3) is 0 Å². The van der Waals surface area contributed by atoms with Crippen LogP contribution in [-0.4, -0.2) is 79.4 Å². The Balaban J connectivity index is 1.66. The number of β-amino-alcohol motifs (C(OH)–C–C–N with tert-alkyl or cyclic N) is 1. The molecule has 1 aromatic rings. The highest BCUT2D eigenvalue weighted by Crippen LogP contribution is 2.27. The van der Waals surface area contributed by atoms with Gasteiger partial charge >= 0.3 is 0 Å². The van der Waals surface area contributed by atoms with Crippen molar-refractivity contribution in [2.45, 2.75) is 24.6 Å². The number of amides is 1. The highest BCUT2D eigenvalue weighted by Gasteiger charge is 2.32. The standard InChI is InChI=1S/C16H25N3O3S/c1-18(16(21)13-9-12(20)10-17-13)11-14(15-3-2-8-23-15)19-4-6-22-7-5-19/h2-3,8,12-14,17,20H,4-7,9-11H2,1H3. The summed E-state index contributed by atoms with van der Waals surface area (Å²) in [5.41, 5.74) is 0. The number of likely N-dealkylation sites (N-methyl/N-ethyl adjacent to an activating group) is 1. The molecule has 1 amide bonds. The van der Waals surface area contributed by atoms with Crippen LogP contribution in [0, 0.1) is 0 Å². The monoisotopic (exact) mass is 339 g/mol. The Kier molecular flexibility index (Phi) is 5.66. The number of nitrogens with zero attached hydrogens (tertiary/aromatic N) is 2. The lowest BCUT2D eigenvalue weighted by atomic mass is 10.1. The number of carbonyl (C=O) groups excluding carboxylic acids is 1. The van der Waals surface area contributed by atoms with Crippen molar-refractivity contribution in [3.63, 3.8) is 0 Å². The van der Waals surface area contributed by atoms with Crippen molar-refractivity contribution in [1.29, 1.82) is 0 Å². The average Bonchev–Trinajstić information content (AvgIpc) is 3.24. The van der Waals surface area contributed by atoms with Crippen molar-refractivity contribution in [3.05, 3.63) is 22.4 Å². The largest absolute Gasteiger partial charge is 0.392 e. The van der Waals surface area contributed by atoms with Gasteiger partial charge in [-0.3, -0.25) is 9.69 Å². The quantitative estimate of drug-likeness (QED) is 0.808. The number of ether oxygens (including phenoxy) is 1. The van der Waals surface area contributed by atoms with Gasteiger partial charge in [-0.05, 0) is 17.9 Å². The van der Waals surface area contributed by atoms with E-state index in [-0.39, 0.29) is 18.0 Å². The SMILES string of the molecule is CN(CC(c1cccs1)N1CCOCC1)C(=O)C1CC(O)CN1. The van der Waals surface area contributed by atoms with Gasteiger partial charge in [-0.15, -0.1) is 11.3 Å². The fourth-order valence-corrected chi connectivity index (χ4v) is 4.13. The minimum atomic E-state index is -0.412. The van der Waals surface area contributed by atoms with E-state index in [9.17, 15) is 9.90 Å². The van der Waals surface area contributed by atoms with Gasteiger partial charge in [-0.25, -0.2) is 0 Å². The molecular weight excluding hydrogens is 314 g/mol. The van der Waals surface area contributed by atoms with Crippen molar-refractivity contribution < 1.29 is 14.6 Å². The number of hydrogen-bond donors (Lipinski definition) is 2. The zero-order valence-corrected chi connectivity index (χ0v) is 14.3. The lowest BCUT2D eigenvalue weighted by molar-refractivity contribution is -0.133. The molecule has 1 aromatic heterocycles. The predicted molar refractivity (Wildman–Crippen MR) is 89.5 cm³/mol. The molecule has 2 N–H and O–H groups in total. The van der Waals surface area contributed by atoms with Gasteiger partial charge in [-0.1, -0.05) is 6.07 Å². The summed E-state index contributed by atoms with van der Waals surface area (Å²) in [4.78, 5) is 18.1. The Morgan fingerprint density at radius 1 is 1.57 bits per heavy atom. The molecule has 2 saturated heterocycles. The maximum absolute atomic E-state index is 12.6. The van der Waals surface area contributed by atoms with E-state index in [4.69, 9.17) is 4.74 Å². The second kappa shape index (κ2) is 7.72. The molecule has 3 atom stereocenters. The van der Waals surface area contributed by atoms with Crippen LogP contribution < -0.4 is 5.32 Å². The van der Waals surface area contributed by atoms with Crippen LogP contribution in [0.4, 0.5) is 0 Å². The summed E-state index contributed by atoms with van der Waals surface area (Å²) in [6, 6.07) is 4.15. The van der Waals surface area contributed by atoms with Crippen molar-refractivity contribution in [1.82, 2.24) is 15.1 Å². The number of hydrogen-bond acceptors (Lipinski definition) is 6. The van der Waals surface area contributed by atoms with Crippen LogP contribution in [0.3, 0.4) is 0 Å². The number of rotatable bonds is 5. The zero-order valence-electron chi connectivity index (χ0n) is 13.5. The Morgan fingerprint density at radius 3 is 2.96 bits per heavy atom. The molecule has 2 fully saturated rings. The first-order valence-electron chi connectivity index (χ1n) is 8.17. The third-order valence-corrected chi connectivity index (χ3v) is 5.56. The van der Waals surface area contributed by atoms with Crippen LogP contribution in [0.5, 0.6) is 0 Å². The van der Waals surface area contributed by atoms with E-state index in [1.807, 2.05) is 7.05 Å². The maximum Gasteiger partial charge on any atom is 0.239 e. The van der Waals surface area contributed by atoms with Gasteiger partial charge < -0.3 is 20.1 Å². The van der Waals surface area contributed by atoms with Crippen molar-refractivity contribution in [2.75, 3.05) is 46.4 Å². The van der Waals surface area contributed by atoms with Gasteiger partial charge in [-0.2, -0.15) is 0 Å². The number of thiophene rings is 1. The molecular formula is C16H25N3O3S. The first kappa shape index (κ1) is 16.9. The van der Waals surface area contributed by atoms with E-state index in [0.29, 0.717) is 19.5 Å². The van der Waals surface area contributed by atoms with Gasteiger partial charge in [0.25, 0.3) is 0 Å². The zero-order chi connectivity index (χ0) is 16.2. The third kappa shape index (κ3) is 4.10. The highest BCUT2D eigenvalue weighted by atomic mass is 32.1. The molecule has 6 nitrogen and oxygen atoms in total. The fraction of sp³-hybridized carbons (Fsp3) is 0.688. The normalized spacial score (nSPS) is 27.0. The summed E-state index contributed by atoms with van der Waals surface area (Å²) in [5.74, 6) is 0.0661.